The molecule has 1 aromatic heterocycles. The molecule has 0 spiro atoms. The molecule has 0 radical (unpaired) electrons. The van der Waals surface area contributed by atoms with Crippen LogP contribution in [0.1, 0.15) is 24.8 Å². The third kappa shape index (κ3) is 4.63. The van der Waals surface area contributed by atoms with Crippen LogP contribution in [0, 0.1) is 5.82 Å². The van der Waals surface area contributed by atoms with Crippen molar-refractivity contribution >= 4 is 5.91 Å². The minimum absolute atomic E-state index is 0.0221. The smallest absolute Gasteiger partial charge is 0.237 e. The molecule has 4 aromatic rings. The summed E-state index contributed by atoms with van der Waals surface area (Å²) >= 11 is 0. The second kappa shape index (κ2) is 10.0. The zero-order valence-corrected chi connectivity index (χ0v) is 18.9. The van der Waals surface area contributed by atoms with E-state index in [1.54, 1.807) is 23.0 Å². The van der Waals surface area contributed by atoms with Crippen molar-refractivity contribution in [3.05, 3.63) is 96.4 Å². The number of nitrogens with one attached hydrogen (secondary N) is 2. The van der Waals surface area contributed by atoms with Crippen LogP contribution >= 0.6 is 0 Å². The Kier molecular flexibility index (Phi) is 6.49. The summed E-state index contributed by atoms with van der Waals surface area (Å²) in [7, 11) is 0. The van der Waals surface area contributed by atoms with Gasteiger partial charge >= 0.3 is 0 Å². The molecule has 0 saturated carbocycles. The van der Waals surface area contributed by atoms with E-state index in [0.29, 0.717) is 24.3 Å². The molecule has 0 aliphatic carbocycles. The van der Waals surface area contributed by atoms with Crippen molar-refractivity contribution in [2.45, 2.75) is 31.8 Å². The summed E-state index contributed by atoms with van der Waals surface area (Å²) in [6.07, 6.45) is 4.52. The first kappa shape index (κ1) is 22.0. The summed E-state index contributed by atoms with van der Waals surface area (Å²) in [5.74, 6) is -0.285. The van der Waals surface area contributed by atoms with Crippen LogP contribution in [0.3, 0.4) is 0 Å². The van der Waals surface area contributed by atoms with Gasteiger partial charge in [0.2, 0.25) is 5.91 Å². The molecular weight excluding hydrogens is 427 g/mol. The summed E-state index contributed by atoms with van der Waals surface area (Å²) in [5, 5.41) is 10.9. The first-order valence-electron chi connectivity index (χ1n) is 11.7. The van der Waals surface area contributed by atoms with Gasteiger partial charge in [-0.25, -0.2) is 9.07 Å². The number of hydrogen-bond donors (Lipinski definition) is 2. The molecule has 6 heteroatoms. The summed E-state index contributed by atoms with van der Waals surface area (Å²) in [5.41, 5.74) is 5.09. The van der Waals surface area contributed by atoms with Crippen molar-refractivity contribution in [3.63, 3.8) is 0 Å². The van der Waals surface area contributed by atoms with Gasteiger partial charge in [-0.2, -0.15) is 5.10 Å². The Labute approximate surface area is 198 Å². The van der Waals surface area contributed by atoms with Gasteiger partial charge in [0.25, 0.3) is 0 Å². The Morgan fingerprint density at radius 3 is 2.47 bits per heavy atom. The van der Waals surface area contributed by atoms with Crippen molar-refractivity contribution in [3.8, 4) is 28.1 Å². The molecule has 172 valence electrons. The molecule has 5 nitrogen and oxygen atoms in total. The van der Waals surface area contributed by atoms with Crippen LogP contribution in [0.2, 0.25) is 0 Å². The molecular formula is C28H27FN4O. The number of carbonyl (C=O) groups is 1. The Morgan fingerprint density at radius 1 is 0.941 bits per heavy atom. The lowest BCUT2D eigenvalue weighted by atomic mass is 10.0. The third-order valence-electron chi connectivity index (χ3n) is 6.27. The largest absolute Gasteiger partial charge is 0.355 e. The highest BCUT2D eigenvalue weighted by Crippen LogP contribution is 2.30. The molecule has 1 fully saturated rings. The van der Waals surface area contributed by atoms with Crippen molar-refractivity contribution in [1.82, 2.24) is 20.4 Å². The molecule has 1 aliphatic rings. The van der Waals surface area contributed by atoms with Crippen molar-refractivity contribution in [1.29, 1.82) is 0 Å². The van der Waals surface area contributed by atoms with Gasteiger partial charge < -0.3 is 10.6 Å². The minimum atomic E-state index is -0.307. The van der Waals surface area contributed by atoms with Gasteiger partial charge in [-0.1, -0.05) is 54.6 Å². The maximum Gasteiger partial charge on any atom is 0.237 e. The van der Waals surface area contributed by atoms with E-state index >= 15 is 0 Å². The SMILES string of the molecule is O=C1NCCCCC1NCc1cnn(-c2ccc(-c3ccccc3)cc2)c1-c1ccccc1F. The van der Waals surface area contributed by atoms with E-state index in [-0.39, 0.29) is 17.8 Å². The number of hydrogen-bond acceptors (Lipinski definition) is 3. The molecule has 3 aromatic carbocycles. The van der Waals surface area contributed by atoms with Crippen LogP contribution in [-0.4, -0.2) is 28.3 Å². The van der Waals surface area contributed by atoms with Gasteiger partial charge in [-0.15, -0.1) is 0 Å². The normalized spacial score (nSPS) is 16.1. The average Bonchev–Trinajstić information content (AvgIpc) is 3.18. The Bertz CT molecular complexity index is 1270. The van der Waals surface area contributed by atoms with Crippen LogP contribution in [0.5, 0.6) is 0 Å². The molecule has 34 heavy (non-hydrogen) atoms. The van der Waals surface area contributed by atoms with Crippen molar-refractivity contribution in [2.24, 2.45) is 0 Å². The summed E-state index contributed by atoms with van der Waals surface area (Å²) in [6.45, 7) is 1.14. The predicted molar refractivity (Wildman–Crippen MR) is 132 cm³/mol. The lowest BCUT2D eigenvalue weighted by Crippen LogP contribution is -2.42. The fourth-order valence-electron chi connectivity index (χ4n) is 4.44. The highest BCUT2D eigenvalue weighted by atomic mass is 19.1. The molecule has 1 saturated heterocycles. The van der Waals surface area contributed by atoms with E-state index in [1.807, 2.05) is 48.5 Å². The summed E-state index contributed by atoms with van der Waals surface area (Å²) in [6, 6.07) is 24.7. The monoisotopic (exact) mass is 454 g/mol. The second-order valence-corrected chi connectivity index (χ2v) is 8.54. The predicted octanol–water partition coefficient (Wildman–Crippen LogP) is 5.10. The molecule has 0 bridgehead atoms. The lowest BCUT2D eigenvalue weighted by Gasteiger charge is -2.16. The van der Waals surface area contributed by atoms with E-state index in [1.165, 1.54) is 6.07 Å². The van der Waals surface area contributed by atoms with Gasteiger partial charge in [0.15, 0.2) is 0 Å². The van der Waals surface area contributed by atoms with Gasteiger partial charge in [0.05, 0.1) is 23.6 Å². The number of carbonyl (C=O) groups excluding carboxylic acids is 1. The second-order valence-electron chi connectivity index (χ2n) is 8.54. The molecule has 1 atom stereocenters. The highest BCUT2D eigenvalue weighted by Gasteiger charge is 2.22. The maximum atomic E-state index is 14.9. The first-order valence-corrected chi connectivity index (χ1v) is 11.7. The minimum Gasteiger partial charge on any atom is -0.355 e. The quantitative estimate of drug-likeness (QED) is 0.426. The van der Waals surface area contributed by atoms with E-state index < -0.39 is 0 Å². The zero-order chi connectivity index (χ0) is 23.3. The zero-order valence-electron chi connectivity index (χ0n) is 18.9. The Balaban J connectivity index is 1.48. The maximum absolute atomic E-state index is 14.9. The molecule has 1 aliphatic heterocycles. The molecule has 2 heterocycles. The molecule has 5 rings (SSSR count). The first-order chi connectivity index (χ1) is 16.7. The van der Waals surface area contributed by atoms with E-state index in [4.69, 9.17) is 0 Å². The summed E-state index contributed by atoms with van der Waals surface area (Å²) in [4.78, 5) is 12.4. The van der Waals surface area contributed by atoms with Crippen LogP contribution < -0.4 is 10.6 Å². The molecule has 1 unspecified atom stereocenters. The number of amides is 1. The number of benzene rings is 3. The summed E-state index contributed by atoms with van der Waals surface area (Å²) < 4.78 is 16.7. The third-order valence-corrected chi connectivity index (χ3v) is 6.27. The number of nitrogens with zero attached hydrogens (tertiary/aromatic N) is 2. The lowest BCUT2D eigenvalue weighted by molar-refractivity contribution is -0.122. The van der Waals surface area contributed by atoms with Crippen LogP contribution in [-0.2, 0) is 11.3 Å². The Hall–Kier alpha value is -3.77. The standard InChI is InChI=1S/C28H27FN4O/c29-25-11-5-4-10-24(25)27-22(18-31-26-12-6-7-17-30-28(26)34)19-32-33(27)23-15-13-21(14-16-23)20-8-2-1-3-9-20/h1-5,8-11,13-16,19,26,31H,6-7,12,17-18H2,(H,30,34). The average molecular weight is 455 g/mol. The van der Waals surface area contributed by atoms with Crippen LogP contribution in [0.4, 0.5) is 4.39 Å². The highest BCUT2D eigenvalue weighted by molar-refractivity contribution is 5.82. The van der Waals surface area contributed by atoms with E-state index in [9.17, 15) is 9.18 Å². The van der Waals surface area contributed by atoms with E-state index in [0.717, 1.165) is 41.6 Å². The topological polar surface area (TPSA) is 59.0 Å². The molecule has 1 amide bonds. The fourth-order valence-corrected chi connectivity index (χ4v) is 4.44. The van der Waals surface area contributed by atoms with Gasteiger partial charge in [-0.05, 0) is 54.7 Å². The van der Waals surface area contributed by atoms with E-state index in [2.05, 4.69) is 27.9 Å². The fraction of sp³-hybridized carbons (Fsp3) is 0.214. The Morgan fingerprint density at radius 2 is 1.68 bits per heavy atom. The van der Waals surface area contributed by atoms with Crippen LogP contribution in [0.25, 0.3) is 28.1 Å². The molecule has 2 N–H and O–H groups in total. The van der Waals surface area contributed by atoms with Gasteiger partial charge in [0, 0.05) is 24.2 Å². The number of halogens is 1. The number of aromatic nitrogens is 2. The van der Waals surface area contributed by atoms with Crippen molar-refractivity contribution in [2.75, 3.05) is 6.54 Å². The van der Waals surface area contributed by atoms with Crippen molar-refractivity contribution < 1.29 is 9.18 Å². The van der Waals surface area contributed by atoms with Crippen LogP contribution in [0.15, 0.2) is 85.1 Å². The van der Waals surface area contributed by atoms with Gasteiger partial charge in [-0.3, -0.25) is 4.79 Å². The number of rotatable bonds is 6. The van der Waals surface area contributed by atoms with Gasteiger partial charge in [0.1, 0.15) is 5.82 Å².